The van der Waals surface area contributed by atoms with Crippen molar-refractivity contribution < 1.29 is 0 Å². The molecule has 1 aromatic heterocycles. The van der Waals surface area contributed by atoms with Gasteiger partial charge in [0.1, 0.15) is 0 Å². The van der Waals surface area contributed by atoms with Gasteiger partial charge < -0.3 is 9.88 Å². The molecule has 0 spiro atoms. The number of benzene rings is 1. The molecule has 86 valence electrons. The second kappa shape index (κ2) is 5.28. The lowest BCUT2D eigenvalue weighted by Gasteiger charge is -2.07. The van der Waals surface area contributed by atoms with Crippen LogP contribution in [0.2, 0.25) is 0 Å². The molecule has 1 aromatic carbocycles. The molecule has 0 fully saturated rings. The Kier molecular flexibility index (Phi) is 3.53. The van der Waals surface area contributed by atoms with Crippen molar-refractivity contribution in [3.63, 3.8) is 0 Å². The zero-order valence-electron chi connectivity index (χ0n) is 9.72. The van der Waals surface area contributed by atoms with E-state index in [1.807, 2.05) is 43.8 Å². The van der Waals surface area contributed by atoms with Gasteiger partial charge in [-0.05, 0) is 24.7 Å². The Labute approximate surface area is 101 Å². The summed E-state index contributed by atoms with van der Waals surface area (Å²) in [5, 5.41) is 11.8. The van der Waals surface area contributed by atoms with Crippen molar-refractivity contribution in [2.24, 2.45) is 0 Å². The summed E-state index contributed by atoms with van der Waals surface area (Å²) in [4.78, 5) is 4.14. The Morgan fingerprint density at radius 3 is 2.76 bits per heavy atom. The number of rotatable bonds is 4. The van der Waals surface area contributed by atoms with Crippen LogP contribution in [-0.2, 0) is 13.1 Å². The van der Waals surface area contributed by atoms with Crippen molar-refractivity contribution in [2.75, 3.05) is 7.05 Å². The first-order valence-electron chi connectivity index (χ1n) is 5.46. The maximum Gasteiger partial charge on any atom is 0.0991 e. The average molecular weight is 226 g/mol. The van der Waals surface area contributed by atoms with Gasteiger partial charge in [0.05, 0.1) is 23.7 Å². The Balaban J connectivity index is 2.14. The highest BCUT2D eigenvalue weighted by Gasteiger charge is 2.01. The molecular weight excluding hydrogens is 212 g/mol. The van der Waals surface area contributed by atoms with Gasteiger partial charge in [0.2, 0.25) is 0 Å². The van der Waals surface area contributed by atoms with Gasteiger partial charge in [0.15, 0.2) is 0 Å². The van der Waals surface area contributed by atoms with E-state index in [0.29, 0.717) is 5.56 Å². The number of aromatic nitrogens is 2. The van der Waals surface area contributed by atoms with Crippen molar-refractivity contribution >= 4 is 0 Å². The van der Waals surface area contributed by atoms with E-state index in [2.05, 4.69) is 20.9 Å². The molecule has 0 radical (unpaired) electrons. The summed E-state index contributed by atoms with van der Waals surface area (Å²) in [7, 11) is 1.92. The normalized spacial score (nSPS) is 10.1. The molecule has 2 rings (SSSR count). The monoisotopic (exact) mass is 226 g/mol. The van der Waals surface area contributed by atoms with E-state index >= 15 is 0 Å². The summed E-state index contributed by atoms with van der Waals surface area (Å²) < 4.78 is 2.10. The van der Waals surface area contributed by atoms with Gasteiger partial charge in [-0.15, -0.1) is 0 Å². The van der Waals surface area contributed by atoms with Gasteiger partial charge in [-0.2, -0.15) is 5.26 Å². The van der Waals surface area contributed by atoms with E-state index < -0.39 is 0 Å². The lowest BCUT2D eigenvalue weighted by molar-refractivity contribution is 0.693. The zero-order chi connectivity index (χ0) is 12.1. The van der Waals surface area contributed by atoms with Crippen molar-refractivity contribution in [2.45, 2.75) is 13.1 Å². The van der Waals surface area contributed by atoms with Crippen LogP contribution in [0, 0.1) is 11.3 Å². The van der Waals surface area contributed by atoms with Crippen LogP contribution in [-0.4, -0.2) is 16.6 Å². The van der Waals surface area contributed by atoms with Crippen molar-refractivity contribution in [1.29, 1.82) is 5.26 Å². The molecule has 0 unspecified atom stereocenters. The van der Waals surface area contributed by atoms with Crippen molar-refractivity contribution in [1.82, 2.24) is 14.9 Å². The molecule has 4 heteroatoms. The fourth-order valence-electron chi connectivity index (χ4n) is 1.70. The SMILES string of the molecule is CNCc1cncn1Cc1ccc(C#N)cc1. The molecule has 0 amide bonds. The molecule has 4 nitrogen and oxygen atoms in total. The molecule has 1 N–H and O–H groups in total. The number of nitrogens with one attached hydrogen (secondary N) is 1. The lowest BCUT2D eigenvalue weighted by atomic mass is 10.1. The Morgan fingerprint density at radius 1 is 1.35 bits per heavy atom. The minimum Gasteiger partial charge on any atom is -0.329 e. The smallest absolute Gasteiger partial charge is 0.0991 e. The van der Waals surface area contributed by atoms with Crippen LogP contribution in [0.1, 0.15) is 16.8 Å². The number of hydrogen-bond acceptors (Lipinski definition) is 3. The van der Waals surface area contributed by atoms with Crippen LogP contribution in [0.15, 0.2) is 36.8 Å². The second-order valence-corrected chi connectivity index (χ2v) is 3.85. The number of imidazole rings is 1. The molecule has 0 aliphatic heterocycles. The molecular formula is C13H14N4. The number of nitriles is 1. The quantitative estimate of drug-likeness (QED) is 0.860. The minimum absolute atomic E-state index is 0.690. The molecule has 0 bridgehead atoms. The fourth-order valence-corrected chi connectivity index (χ4v) is 1.70. The summed E-state index contributed by atoms with van der Waals surface area (Å²) in [5.41, 5.74) is 3.01. The third-order valence-electron chi connectivity index (χ3n) is 2.59. The zero-order valence-corrected chi connectivity index (χ0v) is 9.72. The van der Waals surface area contributed by atoms with E-state index in [1.54, 1.807) is 0 Å². The van der Waals surface area contributed by atoms with Gasteiger partial charge in [0, 0.05) is 19.3 Å². The first kappa shape index (κ1) is 11.4. The molecule has 17 heavy (non-hydrogen) atoms. The van der Waals surface area contributed by atoms with Gasteiger partial charge in [0.25, 0.3) is 0 Å². The molecule has 0 saturated heterocycles. The van der Waals surface area contributed by atoms with Crippen LogP contribution in [0.25, 0.3) is 0 Å². The highest BCUT2D eigenvalue weighted by atomic mass is 15.1. The molecule has 2 aromatic rings. The van der Waals surface area contributed by atoms with Crippen molar-refractivity contribution in [3.05, 3.63) is 53.6 Å². The highest BCUT2D eigenvalue weighted by Crippen LogP contribution is 2.08. The number of nitrogens with zero attached hydrogens (tertiary/aromatic N) is 3. The highest BCUT2D eigenvalue weighted by molar-refractivity contribution is 5.31. The van der Waals surface area contributed by atoms with Gasteiger partial charge in [-0.25, -0.2) is 4.98 Å². The Morgan fingerprint density at radius 2 is 2.12 bits per heavy atom. The molecule has 0 atom stereocenters. The molecule has 0 saturated carbocycles. The van der Waals surface area contributed by atoms with Crippen LogP contribution in [0.3, 0.4) is 0 Å². The Hall–Kier alpha value is -2.12. The predicted octanol–water partition coefficient (Wildman–Crippen LogP) is 1.52. The minimum atomic E-state index is 0.690. The van der Waals surface area contributed by atoms with Crippen LogP contribution in [0.4, 0.5) is 0 Å². The fraction of sp³-hybridized carbons (Fsp3) is 0.231. The second-order valence-electron chi connectivity index (χ2n) is 3.85. The van der Waals surface area contributed by atoms with Crippen LogP contribution >= 0.6 is 0 Å². The van der Waals surface area contributed by atoms with E-state index in [-0.39, 0.29) is 0 Å². The van der Waals surface area contributed by atoms with Gasteiger partial charge >= 0.3 is 0 Å². The van der Waals surface area contributed by atoms with E-state index in [4.69, 9.17) is 5.26 Å². The number of hydrogen-bond donors (Lipinski definition) is 1. The standard InChI is InChI=1S/C13H14N4/c1-15-7-13-8-16-10-17(13)9-12-4-2-11(6-14)3-5-12/h2-5,8,10,15H,7,9H2,1H3. The molecule has 1 heterocycles. The summed E-state index contributed by atoms with van der Waals surface area (Å²) in [6, 6.07) is 9.74. The van der Waals surface area contributed by atoms with Gasteiger partial charge in [-0.3, -0.25) is 0 Å². The topological polar surface area (TPSA) is 53.6 Å². The predicted molar refractivity (Wildman–Crippen MR) is 65.2 cm³/mol. The van der Waals surface area contributed by atoms with E-state index in [0.717, 1.165) is 18.8 Å². The average Bonchev–Trinajstić information content (AvgIpc) is 2.78. The molecule has 0 aliphatic carbocycles. The third kappa shape index (κ3) is 2.71. The first-order valence-corrected chi connectivity index (χ1v) is 5.46. The summed E-state index contributed by atoms with van der Waals surface area (Å²) >= 11 is 0. The van der Waals surface area contributed by atoms with Crippen molar-refractivity contribution in [3.8, 4) is 6.07 Å². The third-order valence-corrected chi connectivity index (χ3v) is 2.59. The largest absolute Gasteiger partial charge is 0.329 e. The summed E-state index contributed by atoms with van der Waals surface area (Å²) in [5.74, 6) is 0. The lowest BCUT2D eigenvalue weighted by Crippen LogP contribution is -2.11. The molecule has 0 aliphatic rings. The maximum absolute atomic E-state index is 8.73. The van der Waals surface area contributed by atoms with Crippen LogP contribution < -0.4 is 5.32 Å². The van der Waals surface area contributed by atoms with E-state index in [9.17, 15) is 0 Å². The van der Waals surface area contributed by atoms with Crippen LogP contribution in [0.5, 0.6) is 0 Å². The summed E-state index contributed by atoms with van der Waals surface area (Å²) in [6.07, 6.45) is 3.69. The van der Waals surface area contributed by atoms with Gasteiger partial charge in [-0.1, -0.05) is 12.1 Å². The summed E-state index contributed by atoms with van der Waals surface area (Å²) in [6.45, 7) is 1.58. The maximum atomic E-state index is 8.73. The Bertz CT molecular complexity index is 519. The van der Waals surface area contributed by atoms with E-state index in [1.165, 1.54) is 5.56 Å². The first-order chi connectivity index (χ1) is 8.33.